The van der Waals surface area contributed by atoms with Crippen molar-refractivity contribution in [2.45, 2.75) is 39.4 Å². The molecule has 1 aromatic heterocycles. The number of nitrogens with zero attached hydrogens (tertiary/aromatic N) is 2. The molecule has 3 rings (SSSR count). The number of carboxylic acids is 1. The van der Waals surface area contributed by atoms with Gasteiger partial charge >= 0.3 is 12.1 Å². The molecule has 1 atom stereocenters. The summed E-state index contributed by atoms with van der Waals surface area (Å²) in [5, 5.41) is 10.5. The van der Waals surface area contributed by atoms with E-state index in [-0.39, 0.29) is 12.5 Å². The summed E-state index contributed by atoms with van der Waals surface area (Å²) in [7, 11) is 1.29. The number of fused-ring (bicyclic) bond motifs is 1. The number of carbonyl (C=O) groups excluding carboxylic acids is 1. The molecule has 8 nitrogen and oxygen atoms in total. The smallest absolute Gasteiger partial charge is 0.420 e. The predicted molar refractivity (Wildman–Crippen MR) is 125 cm³/mol. The fourth-order valence-corrected chi connectivity index (χ4v) is 3.46. The number of anilines is 2. The van der Waals surface area contributed by atoms with Crippen molar-refractivity contribution < 1.29 is 28.9 Å². The summed E-state index contributed by atoms with van der Waals surface area (Å²) in [6.45, 7) is 5.78. The number of carbonyl (C=O) groups is 2. The van der Waals surface area contributed by atoms with E-state index >= 15 is 0 Å². The number of benzene rings is 2. The second kappa shape index (κ2) is 10.8. The van der Waals surface area contributed by atoms with E-state index in [0.29, 0.717) is 34.9 Å². The first kappa shape index (κ1) is 24.0. The van der Waals surface area contributed by atoms with Crippen LogP contribution in [0.25, 0.3) is 10.9 Å². The van der Waals surface area contributed by atoms with Crippen LogP contribution in [0.15, 0.2) is 54.6 Å². The largest absolute Gasteiger partial charge is 0.492 e. The lowest BCUT2D eigenvalue weighted by molar-refractivity contribution is -0.153. The van der Waals surface area contributed by atoms with Gasteiger partial charge in [0.25, 0.3) is 0 Å². The molecule has 0 bridgehead atoms. The average molecular weight is 453 g/mol. The highest BCUT2D eigenvalue weighted by atomic mass is 16.5. The lowest BCUT2D eigenvalue weighted by Crippen LogP contribution is -2.30. The Hall–Kier alpha value is -3.65. The molecule has 0 aliphatic carbocycles. The van der Waals surface area contributed by atoms with Gasteiger partial charge in [0.2, 0.25) is 0 Å². The van der Waals surface area contributed by atoms with Crippen LogP contribution in [0.2, 0.25) is 0 Å². The Labute approximate surface area is 192 Å². The summed E-state index contributed by atoms with van der Waals surface area (Å²) in [5.41, 5.74) is 1.78. The molecule has 0 fully saturated rings. The molecule has 1 N–H and O–H groups in total. The van der Waals surface area contributed by atoms with E-state index < -0.39 is 18.2 Å². The maximum Gasteiger partial charge on any atom is 0.420 e. The summed E-state index contributed by atoms with van der Waals surface area (Å²) in [5.74, 6) is -0.259. The molecule has 0 saturated carbocycles. The third kappa shape index (κ3) is 5.78. The Kier molecular flexibility index (Phi) is 7.84. The second-order valence-electron chi connectivity index (χ2n) is 7.62. The number of pyridine rings is 1. The Bertz CT molecular complexity index is 1130. The highest BCUT2D eigenvalue weighted by Gasteiger charge is 2.26. The Morgan fingerprint density at radius 1 is 1.09 bits per heavy atom. The lowest BCUT2D eigenvalue weighted by Gasteiger charge is -2.24. The van der Waals surface area contributed by atoms with Crippen molar-refractivity contribution in [2.75, 3.05) is 18.6 Å². The molecule has 0 spiro atoms. The van der Waals surface area contributed by atoms with E-state index in [1.54, 1.807) is 38.1 Å². The van der Waals surface area contributed by atoms with Gasteiger partial charge in [0.15, 0.2) is 6.10 Å². The van der Waals surface area contributed by atoms with Crippen molar-refractivity contribution in [1.29, 1.82) is 0 Å². The molecule has 1 heterocycles. The zero-order chi connectivity index (χ0) is 24.0. The second-order valence-corrected chi connectivity index (χ2v) is 7.62. The zero-order valence-corrected chi connectivity index (χ0v) is 19.1. The van der Waals surface area contributed by atoms with Crippen molar-refractivity contribution in [1.82, 2.24) is 4.98 Å². The van der Waals surface area contributed by atoms with Crippen molar-refractivity contribution >= 4 is 34.5 Å². The lowest BCUT2D eigenvalue weighted by atomic mass is 10.1. The normalized spacial score (nSPS) is 11.9. The van der Waals surface area contributed by atoms with Crippen LogP contribution in [0.3, 0.4) is 0 Å². The maximum absolute atomic E-state index is 12.9. The number of rotatable bonds is 9. The van der Waals surface area contributed by atoms with Gasteiger partial charge in [-0.25, -0.2) is 19.5 Å². The quantitative estimate of drug-likeness (QED) is 0.490. The summed E-state index contributed by atoms with van der Waals surface area (Å²) in [6.07, 6.45) is -1.81. The number of para-hydroxylation sites is 1. The molecule has 0 radical (unpaired) electrons. The van der Waals surface area contributed by atoms with Gasteiger partial charge in [0, 0.05) is 11.8 Å². The number of amides is 1. The molecule has 0 aliphatic rings. The summed E-state index contributed by atoms with van der Waals surface area (Å²) >= 11 is 0. The third-order valence-corrected chi connectivity index (χ3v) is 4.87. The van der Waals surface area contributed by atoms with Crippen LogP contribution in [-0.4, -0.2) is 48.1 Å². The van der Waals surface area contributed by atoms with E-state index in [1.165, 1.54) is 12.0 Å². The van der Waals surface area contributed by atoms with Crippen LogP contribution >= 0.6 is 0 Å². The minimum Gasteiger partial charge on any atom is -0.492 e. The molecule has 1 unspecified atom stereocenters. The monoisotopic (exact) mass is 452 g/mol. The zero-order valence-electron chi connectivity index (χ0n) is 19.1. The number of hydrogen-bond donors (Lipinski definition) is 1. The Morgan fingerprint density at radius 2 is 1.85 bits per heavy atom. The molecule has 3 aromatic rings. The number of hydrogen-bond acceptors (Lipinski definition) is 6. The fraction of sp³-hybridized carbons (Fsp3) is 0.320. The van der Waals surface area contributed by atoms with E-state index in [1.807, 2.05) is 37.3 Å². The highest BCUT2D eigenvalue weighted by molar-refractivity contribution is 5.98. The van der Waals surface area contributed by atoms with E-state index in [9.17, 15) is 14.7 Å². The first-order chi connectivity index (χ1) is 15.8. The van der Waals surface area contributed by atoms with Crippen LogP contribution in [0.1, 0.15) is 26.3 Å². The number of methoxy groups -OCH3 is 1. The number of ether oxygens (including phenoxy) is 3. The van der Waals surface area contributed by atoms with Crippen LogP contribution in [0.5, 0.6) is 5.75 Å². The summed E-state index contributed by atoms with van der Waals surface area (Å²) < 4.78 is 16.4. The van der Waals surface area contributed by atoms with Crippen LogP contribution in [-0.2, 0) is 20.7 Å². The molecule has 0 aliphatic heterocycles. The standard InChI is InChI=1S/C25H28N2O6/c1-5-32-21-12-10-17(15-22(24(28)29)33-16(2)3)14-20(21)27(25(30)31-4)23-13-11-18-8-6-7-9-19(18)26-23/h6-14,16,22H,5,15H2,1-4H3,(H,28,29). The summed E-state index contributed by atoms with van der Waals surface area (Å²) in [4.78, 5) is 30.5. The third-order valence-electron chi connectivity index (χ3n) is 4.87. The van der Waals surface area contributed by atoms with Crippen molar-refractivity contribution in [2.24, 2.45) is 0 Å². The van der Waals surface area contributed by atoms with Gasteiger partial charge in [-0.05, 0) is 56.7 Å². The van der Waals surface area contributed by atoms with Crippen LogP contribution in [0.4, 0.5) is 16.3 Å². The maximum atomic E-state index is 12.9. The molecule has 33 heavy (non-hydrogen) atoms. The van der Waals surface area contributed by atoms with E-state index in [4.69, 9.17) is 14.2 Å². The first-order valence-electron chi connectivity index (χ1n) is 10.7. The van der Waals surface area contributed by atoms with Crippen molar-refractivity contribution in [3.63, 3.8) is 0 Å². The molecule has 2 aromatic carbocycles. The minimum atomic E-state index is -1.06. The van der Waals surface area contributed by atoms with Gasteiger partial charge in [-0.2, -0.15) is 0 Å². The van der Waals surface area contributed by atoms with Gasteiger partial charge in [-0.15, -0.1) is 0 Å². The molecular weight excluding hydrogens is 424 g/mol. The number of aliphatic carboxylic acids is 1. The van der Waals surface area contributed by atoms with Gasteiger partial charge < -0.3 is 19.3 Å². The SMILES string of the molecule is CCOc1ccc(CC(OC(C)C)C(=O)O)cc1N(C(=O)OC)c1ccc2ccccc2n1. The topological polar surface area (TPSA) is 98.2 Å². The van der Waals surface area contributed by atoms with Gasteiger partial charge in [0.1, 0.15) is 11.6 Å². The van der Waals surface area contributed by atoms with Gasteiger partial charge in [-0.1, -0.05) is 24.3 Å². The van der Waals surface area contributed by atoms with Crippen molar-refractivity contribution in [3.05, 3.63) is 60.2 Å². The van der Waals surface area contributed by atoms with Crippen LogP contribution in [0, 0.1) is 0 Å². The summed E-state index contributed by atoms with van der Waals surface area (Å²) in [6, 6.07) is 16.3. The molecular formula is C25H28N2O6. The first-order valence-corrected chi connectivity index (χ1v) is 10.7. The highest BCUT2D eigenvalue weighted by Crippen LogP contribution is 2.36. The molecule has 1 amide bonds. The Balaban J connectivity index is 2.09. The predicted octanol–water partition coefficient (Wildman–Crippen LogP) is 4.96. The average Bonchev–Trinajstić information content (AvgIpc) is 2.79. The van der Waals surface area contributed by atoms with Gasteiger partial charge in [0.05, 0.1) is 31.0 Å². The molecule has 0 saturated heterocycles. The number of aromatic nitrogens is 1. The van der Waals surface area contributed by atoms with E-state index in [2.05, 4.69) is 4.98 Å². The van der Waals surface area contributed by atoms with E-state index in [0.717, 1.165) is 5.39 Å². The molecule has 174 valence electrons. The fourth-order valence-electron chi connectivity index (χ4n) is 3.46. The molecule has 8 heteroatoms. The van der Waals surface area contributed by atoms with Crippen molar-refractivity contribution in [3.8, 4) is 5.75 Å². The van der Waals surface area contributed by atoms with Crippen LogP contribution < -0.4 is 9.64 Å². The minimum absolute atomic E-state index is 0.118. The van der Waals surface area contributed by atoms with Gasteiger partial charge in [-0.3, -0.25) is 0 Å². The Morgan fingerprint density at radius 3 is 2.52 bits per heavy atom. The number of carboxylic acid groups (broad SMARTS) is 1.